The number of aromatic nitrogens is 2. The van der Waals surface area contributed by atoms with E-state index in [0.29, 0.717) is 5.69 Å². The van der Waals surface area contributed by atoms with Crippen LogP contribution in [0.4, 0.5) is 11.5 Å². The van der Waals surface area contributed by atoms with E-state index in [1.54, 1.807) is 12.1 Å². The fraction of sp³-hybridized carbons (Fsp3) is 0.0909. The second kappa shape index (κ2) is 5.93. The topological polar surface area (TPSA) is 101 Å². The van der Waals surface area contributed by atoms with Crippen LogP contribution in [0, 0.1) is 10.1 Å². The number of H-pyrrole nitrogens is 1. The Labute approximate surface area is 122 Å². The number of hydrogen-bond donors (Lipinski definition) is 2. The van der Waals surface area contributed by atoms with E-state index < -0.39 is 16.6 Å². The molecule has 20 heavy (non-hydrogen) atoms. The van der Waals surface area contributed by atoms with Gasteiger partial charge in [0.25, 0.3) is 5.91 Å². The zero-order valence-corrected chi connectivity index (χ0v) is 11.8. The second-order valence-corrected chi connectivity index (χ2v) is 4.87. The molecule has 9 heteroatoms. The third kappa shape index (κ3) is 2.75. The number of anilines is 1. The van der Waals surface area contributed by atoms with Gasteiger partial charge in [0, 0.05) is 4.90 Å². The first-order valence-electron chi connectivity index (χ1n) is 5.37. The van der Waals surface area contributed by atoms with Gasteiger partial charge in [-0.15, -0.1) is 16.9 Å². The monoisotopic (exact) mass is 312 g/mol. The molecule has 0 radical (unpaired) electrons. The lowest BCUT2D eigenvalue weighted by Crippen LogP contribution is -2.13. The SMILES string of the molecule is CSc1ccccc1NC(=O)c1n[nH]c([N+](=O)[O-])c1Cl. The highest BCUT2D eigenvalue weighted by Crippen LogP contribution is 2.28. The average molecular weight is 313 g/mol. The van der Waals surface area contributed by atoms with Crippen LogP contribution in [0.2, 0.25) is 5.02 Å². The Morgan fingerprint density at radius 2 is 2.20 bits per heavy atom. The van der Waals surface area contributed by atoms with E-state index in [2.05, 4.69) is 15.5 Å². The van der Waals surface area contributed by atoms with Crippen LogP contribution in [-0.4, -0.2) is 27.3 Å². The van der Waals surface area contributed by atoms with Crippen LogP contribution in [0.3, 0.4) is 0 Å². The van der Waals surface area contributed by atoms with Crippen molar-refractivity contribution in [2.45, 2.75) is 4.90 Å². The average Bonchev–Trinajstić information content (AvgIpc) is 2.81. The van der Waals surface area contributed by atoms with Crippen molar-refractivity contribution >= 4 is 40.8 Å². The molecule has 0 aliphatic carbocycles. The predicted octanol–water partition coefficient (Wildman–Crippen LogP) is 2.95. The summed E-state index contributed by atoms with van der Waals surface area (Å²) >= 11 is 7.22. The van der Waals surface area contributed by atoms with Gasteiger partial charge in [-0.05, 0) is 23.3 Å². The summed E-state index contributed by atoms with van der Waals surface area (Å²) in [6.07, 6.45) is 1.87. The van der Waals surface area contributed by atoms with Gasteiger partial charge in [-0.3, -0.25) is 4.79 Å². The Hall–Kier alpha value is -2.06. The number of nitrogens with one attached hydrogen (secondary N) is 2. The van der Waals surface area contributed by atoms with E-state index in [4.69, 9.17) is 11.6 Å². The molecule has 104 valence electrons. The van der Waals surface area contributed by atoms with Crippen molar-refractivity contribution in [3.8, 4) is 0 Å². The number of benzene rings is 1. The van der Waals surface area contributed by atoms with E-state index in [1.165, 1.54) is 11.8 Å². The molecule has 0 unspecified atom stereocenters. The van der Waals surface area contributed by atoms with Gasteiger partial charge in [-0.2, -0.15) is 0 Å². The minimum absolute atomic E-state index is 0.214. The lowest BCUT2D eigenvalue weighted by Gasteiger charge is -2.07. The largest absolute Gasteiger partial charge is 0.362 e. The zero-order valence-electron chi connectivity index (χ0n) is 10.2. The summed E-state index contributed by atoms with van der Waals surface area (Å²) in [4.78, 5) is 22.8. The Kier molecular flexibility index (Phi) is 4.26. The molecule has 1 heterocycles. The number of carbonyl (C=O) groups is 1. The first-order valence-corrected chi connectivity index (χ1v) is 6.97. The third-order valence-electron chi connectivity index (χ3n) is 2.44. The van der Waals surface area contributed by atoms with Gasteiger partial charge in [0.15, 0.2) is 10.7 Å². The van der Waals surface area contributed by atoms with E-state index in [0.717, 1.165) is 4.90 Å². The number of nitro groups is 1. The summed E-state index contributed by atoms with van der Waals surface area (Å²) in [5.41, 5.74) is 0.376. The first kappa shape index (κ1) is 14.4. The summed E-state index contributed by atoms with van der Waals surface area (Å²) in [7, 11) is 0. The highest BCUT2D eigenvalue weighted by Gasteiger charge is 2.25. The Bertz CT molecular complexity index is 673. The maximum Gasteiger partial charge on any atom is 0.362 e. The summed E-state index contributed by atoms with van der Waals surface area (Å²) in [5, 5.41) is 18.6. The lowest BCUT2D eigenvalue weighted by molar-refractivity contribution is -0.389. The summed E-state index contributed by atoms with van der Waals surface area (Å²) in [5.74, 6) is -1.11. The molecule has 1 amide bonds. The maximum absolute atomic E-state index is 12.0. The van der Waals surface area contributed by atoms with Crippen LogP contribution in [0.25, 0.3) is 0 Å². The molecule has 0 aliphatic rings. The van der Waals surface area contributed by atoms with Crippen molar-refractivity contribution in [2.75, 3.05) is 11.6 Å². The van der Waals surface area contributed by atoms with Crippen molar-refractivity contribution in [1.82, 2.24) is 10.2 Å². The minimum Gasteiger partial charge on any atom is -0.358 e. The third-order valence-corrected chi connectivity index (χ3v) is 3.60. The molecule has 0 saturated carbocycles. The molecule has 2 rings (SSSR count). The Balaban J connectivity index is 2.27. The minimum atomic E-state index is -0.734. The van der Waals surface area contributed by atoms with Gasteiger partial charge in [0.05, 0.1) is 5.69 Å². The number of carbonyl (C=O) groups excluding carboxylic acids is 1. The van der Waals surface area contributed by atoms with E-state index in [1.807, 2.05) is 18.4 Å². The second-order valence-electron chi connectivity index (χ2n) is 3.65. The molecule has 1 aromatic carbocycles. The molecule has 0 aliphatic heterocycles. The van der Waals surface area contributed by atoms with Crippen LogP contribution in [0.15, 0.2) is 29.2 Å². The Morgan fingerprint density at radius 1 is 1.50 bits per heavy atom. The molecular formula is C11H9ClN4O3S. The van der Waals surface area contributed by atoms with E-state index >= 15 is 0 Å². The van der Waals surface area contributed by atoms with Gasteiger partial charge in [-0.1, -0.05) is 28.8 Å². The van der Waals surface area contributed by atoms with Crippen molar-refractivity contribution < 1.29 is 9.72 Å². The van der Waals surface area contributed by atoms with Crippen LogP contribution < -0.4 is 5.32 Å². The van der Waals surface area contributed by atoms with E-state index in [-0.39, 0.29) is 10.7 Å². The number of halogens is 1. The van der Waals surface area contributed by atoms with Crippen LogP contribution in [-0.2, 0) is 0 Å². The van der Waals surface area contributed by atoms with Gasteiger partial charge in [0.2, 0.25) is 0 Å². The summed E-state index contributed by atoms with van der Waals surface area (Å²) in [6, 6.07) is 7.17. The molecule has 0 saturated heterocycles. The molecule has 1 aromatic heterocycles. The molecule has 2 aromatic rings. The number of para-hydroxylation sites is 1. The zero-order chi connectivity index (χ0) is 14.7. The smallest absolute Gasteiger partial charge is 0.358 e. The van der Waals surface area contributed by atoms with Gasteiger partial charge >= 0.3 is 5.82 Å². The number of amides is 1. The number of nitrogens with zero attached hydrogens (tertiary/aromatic N) is 2. The van der Waals surface area contributed by atoms with Crippen molar-refractivity contribution in [1.29, 1.82) is 0 Å². The summed E-state index contributed by atoms with van der Waals surface area (Å²) in [6.45, 7) is 0. The molecule has 0 bridgehead atoms. The van der Waals surface area contributed by atoms with Crippen LogP contribution >= 0.6 is 23.4 Å². The van der Waals surface area contributed by atoms with Crippen LogP contribution in [0.5, 0.6) is 0 Å². The van der Waals surface area contributed by atoms with Crippen molar-refractivity contribution in [3.05, 3.63) is 45.1 Å². The molecule has 0 spiro atoms. The fourth-order valence-corrected chi connectivity index (χ4v) is 2.31. The Morgan fingerprint density at radius 3 is 2.80 bits per heavy atom. The number of hydrogen-bond acceptors (Lipinski definition) is 5. The lowest BCUT2D eigenvalue weighted by atomic mass is 10.3. The van der Waals surface area contributed by atoms with E-state index in [9.17, 15) is 14.9 Å². The van der Waals surface area contributed by atoms with Crippen LogP contribution in [0.1, 0.15) is 10.5 Å². The quantitative estimate of drug-likeness (QED) is 0.513. The van der Waals surface area contributed by atoms with Gasteiger partial charge < -0.3 is 15.4 Å². The maximum atomic E-state index is 12.0. The van der Waals surface area contributed by atoms with Gasteiger partial charge in [0.1, 0.15) is 0 Å². The molecule has 0 atom stereocenters. The predicted molar refractivity (Wildman–Crippen MR) is 76.4 cm³/mol. The standard InChI is InChI=1S/C11H9ClN4O3S/c1-20-7-5-3-2-4-6(7)13-11(17)9-8(12)10(15-14-9)16(18)19/h2-5H,1H3,(H,13,17)(H,14,15). The molecular weight excluding hydrogens is 304 g/mol. The highest BCUT2D eigenvalue weighted by atomic mass is 35.5. The van der Waals surface area contributed by atoms with Gasteiger partial charge in [-0.25, -0.2) is 0 Å². The number of rotatable bonds is 4. The summed E-state index contributed by atoms with van der Waals surface area (Å²) < 4.78 is 0. The molecule has 0 fully saturated rings. The van der Waals surface area contributed by atoms with Crippen molar-refractivity contribution in [2.24, 2.45) is 0 Å². The molecule has 2 N–H and O–H groups in total. The number of thioether (sulfide) groups is 1. The fourth-order valence-electron chi connectivity index (χ4n) is 1.52. The molecule has 7 nitrogen and oxygen atoms in total. The number of aromatic amines is 1. The normalized spacial score (nSPS) is 10.3. The first-order chi connectivity index (χ1) is 9.54. The van der Waals surface area contributed by atoms with Crippen molar-refractivity contribution in [3.63, 3.8) is 0 Å². The highest BCUT2D eigenvalue weighted by molar-refractivity contribution is 7.98.